The molecule has 112 valence electrons. The van der Waals surface area contributed by atoms with Gasteiger partial charge < -0.3 is 15.5 Å². The smallest absolute Gasteiger partial charge is 0.191 e. The first-order valence-corrected chi connectivity index (χ1v) is 7.86. The number of nitrogens with zero attached hydrogens (tertiary/aromatic N) is 2. The summed E-state index contributed by atoms with van der Waals surface area (Å²) in [5.74, 6) is 0.978. The van der Waals surface area contributed by atoms with E-state index >= 15 is 0 Å². The van der Waals surface area contributed by atoms with Gasteiger partial charge in [-0.2, -0.15) is 0 Å². The summed E-state index contributed by atoms with van der Waals surface area (Å²) < 4.78 is 0. The third-order valence-corrected chi connectivity index (χ3v) is 4.41. The number of likely N-dealkylation sites (N-methyl/N-ethyl adjacent to an activating group) is 1. The Morgan fingerprint density at radius 2 is 1.95 bits per heavy atom. The molecule has 19 heavy (non-hydrogen) atoms. The third-order valence-electron chi connectivity index (χ3n) is 4.41. The lowest BCUT2D eigenvalue weighted by Crippen LogP contribution is -2.42. The van der Waals surface area contributed by atoms with Crippen molar-refractivity contribution in [1.29, 1.82) is 0 Å². The van der Waals surface area contributed by atoms with Crippen LogP contribution in [0.15, 0.2) is 4.99 Å². The first-order chi connectivity index (χ1) is 9.15. The van der Waals surface area contributed by atoms with Crippen LogP contribution in [-0.4, -0.2) is 50.6 Å². The van der Waals surface area contributed by atoms with Gasteiger partial charge in [0.15, 0.2) is 5.96 Å². The lowest BCUT2D eigenvalue weighted by Gasteiger charge is -2.40. The van der Waals surface area contributed by atoms with Gasteiger partial charge in [0.1, 0.15) is 0 Å². The molecule has 1 fully saturated rings. The normalized spacial score (nSPS) is 18.3. The molecule has 0 heterocycles. The molecule has 0 radical (unpaired) electrons. The molecule has 4 heteroatoms. The molecule has 0 saturated heterocycles. The van der Waals surface area contributed by atoms with Crippen LogP contribution in [-0.2, 0) is 0 Å². The third kappa shape index (κ3) is 5.39. The van der Waals surface area contributed by atoms with Crippen LogP contribution in [0, 0.1) is 5.41 Å². The molecule has 1 rings (SSSR count). The van der Waals surface area contributed by atoms with Crippen LogP contribution in [0.5, 0.6) is 0 Å². The number of rotatable bonds is 8. The van der Waals surface area contributed by atoms with Crippen molar-refractivity contribution in [1.82, 2.24) is 15.5 Å². The predicted octanol–water partition coefficient (Wildman–Crippen LogP) is 2.07. The molecule has 2 N–H and O–H groups in total. The zero-order chi connectivity index (χ0) is 14.1. The molecule has 0 aromatic carbocycles. The molecule has 0 aliphatic heterocycles. The second-order valence-corrected chi connectivity index (χ2v) is 5.72. The van der Waals surface area contributed by atoms with Gasteiger partial charge >= 0.3 is 0 Å². The van der Waals surface area contributed by atoms with E-state index in [0.29, 0.717) is 5.41 Å². The van der Waals surface area contributed by atoms with Crippen LogP contribution in [0.3, 0.4) is 0 Å². The van der Waals surface area contributed by atoms with Gasteiger partial charge in [-0.15, -0.1) is 0 Å². The minimum absolute atomic E-state index is 0.503. The maximum Gasteiger partial charge on any atom is 0.191 e. The van der Waals surface area contributed by atoms with Gasteiger partial charge in [0.2, 0.25) is 0 Å². The van der Waals surface area contributed by atoms with Gasteiger partial charge in [-0.05, 0) is 45.2 Å². The van der Waals surface area contributed by atoms with Gasteiger partial charge in [-0.1, -0.05) is 20.3 Å². The number of hydrogen-bond donors (Lipinski definition) is 2. The van der Waals surface area contributed by atoms with Gasteiger partial charge in [-0.25, -0.2) is 0 Å². The lowest BCUT2D eigenvalue weighted by molar-refractivity contribution is 0.139. The fraction of sp³-hybridized carbons (Fsp3) is 0.933. The van der Waals surface area contributed by atoms with Crippen molar-refractivity contribution in [3.8, 4) is 0 Å². The first kappa shape index (κ1) is 16.3. The maximum atomic E-state index is 4.78. The second-order valence-electron chi connectivity index (χ2n) is 5.72. The summed E-state index contributed by atoms with van der Waals surface area (Å²) >= 11 is 0. The van der Waals surface area contributed by atoms with Crippen molar-refractivity contribution < 1.29 is 0 Å². The van der Waals surface area contributed by atoms with E-state index in [2.05, 4.69) is 43.4 Å². The zero-order valence-corrected chi connectivity index (χ0v) is 13.3. The Kier molecular flexibility index (Phi) is 7.21. The molecule has 0 aromatic heterocycles. The molecule has 1 aliphatic carbocycles. The molecule has 0 bridgehead atoms. The fourth-order valence-electron chi connectivity index (χ4n) is 2.41. The topological polar surface area (TPSA) is 39.7 Å². The summed E-state index contributed by atoms with van der Waals surface area (Å²) in [4.78, 5) is 7.08. The Labute approximate surface area is 119 Å². The van der Waals surface area contributed by atoms with Crippen LogP contribution in [0.25, 0.3) is 0 Å². The van der Waals surface area contributed by atoms with E-state index in [9.17, 15) is 0 Å². The highest BCUT2D eigenvalue weighted by molar-refractivity contribution is 5.79. The van der Waals surface area contributed by atoms with Gasteiger partial charge in [0.25, 0.3) is 0 Å². The largest absolute Gasteiger partial charge is 0.357 e. The van der Waals surface area contributed by atoms with Crippen molar-refractivity contribution in [2.24, 2.45) is 10.4 Å². The quantitative estimate of drug-likeness (QED) is 0.523. The van der Waals surface area contributed by atoms with E-state index < -0.39 is 0 Å². The second kappa shape index (κ2) is 8.41. The molecule has 1 aliphatic rings. The summed E-state index contributed by atoms with van der Waals surface area (Å²) in [6.45, 7) is 11.6. The first-order valence-electron chi connectivity index (χ1n) is 7.86. The Morgan fingerprint density at radius 3 is 2.42 bits per heavy atom. The van der Waals surface area contributed by atoms with Crippen LogP contribution in [0.1, 0.15) is 46.5 Å². The lowest BCUT2D eigenvalue weighted by atomic mass is 9.67. The van der Waals surface area contributed by atoms with Crippen LogP contribution in [0.4, 0.5) is 0 Å². The highest BCUT2D eigenvalue weighted by Gasteiger charge is 2.34. The molecule has 0 spiro atoms. The molecule has 0 unspecified atom stereocenters. The summed E-state index contributed by atoms with van der Waals surface area (Å²) in [5.41, 5.74) is 0.503. The number of aliphatic imine (C=N–C) groups is 1. The van der Waals surface area contributed by atoms with E-state index in [1.165, 1.54) is 25.7 Å². The average molecular weight is 268 g/mol. The molecular formula is C15H32N4. The summed E-state index contributed by atoms with van der Waals surface area (Å²) in [6.07, 6.45) is 5.35. The molecule has 0 amide bonds. The van der Waals surface area contributed by atoms with Crippen molar-refractivity contribution in [2.75, 3.05) is 39.8 Å². The average Bonchev–Trinajstić information content (AvgIpc) is 2.37. The standard InChI is InChI=1S/C15H32N4/c1-5-15(9-8-10-15)13-18-14(16-6-2)17-11-12-19(4)7-3/h5-13H2,1-4H3,(H2,16,17,18). The Bertz CT molecular complexity index is 266. The van der Waals surface area contributed by atoms with Crippen molar-refractivity contribution in [3.05, 3.63) is 0 Å². The van der Waals surface area contributed by atoms with E-state index in [0.717, 1.165) is 38.7 Å². The SMILES string of the molecule is CCNC(=NCC1(CC)CCC1)NCCN(C)CC. The molecule has 4 nitrogen and oxygen atoms in total. The van der Waals surface area contributed by atoms with Crippen molar-refractivity contribution >= 4 is 5.96 Å². The van der Waals surface area contributed by atoms with Crippen molar-refractivity contribution in [3.63, 3.8) is 0 Å². The molecule has 0 aromatic rings. The minimum Gasteiger partial charge on any atom is -0.357 e. The van der Waals surface area contributed by atoms with Crippen LogP contribution in [0.2, 0.25) is 0 Å². The van der Waals surface area contributed by atoms with Gasteiger partial charge in [0, 0.05) is 26.2 Å². The molecule has 1 saturated carbocycles. The number of guanidine groups is 1. The van der Waals surface area contributed by atoms with E-state index in [1.807, 2.05) is 0 Å². The van der Waals surface area contributed by atoms with Gasteiger partial charge in [-0.3, -0.25) is 4.99 Å². The highest BCUT2D eigenvalue weighted by Crippen LogP contribution is 2.43. The Hall–Kier alpha value is -0.770. The monoisotopic (exact) mass is 268 g/mol. The number of nitrogens with one attached hydrogen (secondary N) is 2. The fourth-order valence-corrected chi connectivity index (χ4v) is 2.41. The maximum absolute atomic E-state index is 4.78. The molecular weight excluding hydrogens is 236 g/mol. The Morgan fingerprint density at radius 1 is 1.21 bits per heavy atom. The molecule has 0 atom stereocenters. The summed E-state index contributed by atoms with van der Waals surface area (Å²) in [6, 6.07) is 0. The van der Waals surface area contributed by atoms with Crippen LogP contribution < -0.4 is 10.6 Å². The summed E-state index contributed by atoms with van der Waals surface area (Å²) in [5, 5.41) is 6.77. The highest BCUT2D eigenvalue weighted by atomic mass is 15.2. The Balaban J connectivity index is 2.37. The van der Waals surface area contributed by atoms with Crippen LogP contribution >= 0.6 is 0 Å². The van der Waals surface area contributed by atoms with Crippen molar-refractivity contribution in [2.45, 2.75) is 46.5 Å². The predicted molar refractivity (Wildman–Crippen MR) is 83.7 cm³/mol. The number of hydrogen-bond acceptors (Lipinski definition) is 2. The minimum atomic E-state index is 0.503. The summed E-state index contributed by atoms with van der Waals surface area (Å²) in [7, 11) is 2.15. The van der Waals surface area contributed by atoms with Gasteiger partial charge in [0.05, 0.1) is 0 Å². The van der Waals surface area contributed by atoms with E-state index in [4.69, 9.17) is 4.99 Å². The van der Waals surface area contributed by atoms with E-state index in [-0.39, 0.29) is 0 Å². The van der Waals surface area contributed by atoms with E-state index in [1.54, 1.807) is 0 Å². The zero-order valence-electron chi connectivity index (χ0n) is 13.3.